The number of thioether (sulfide) groups is 1. The maximum Gasteiger partial charge on any atom is 0.120 e. The molecular formula is C5H9OS. The topological polar surface area (TPSA) is 17.1 Å². The quantitative estimate of drug-likeness (QED) is 0.406. The standard InChI is InChI=1S/C5H9OS/c1-2-7-5-3-4-6/h4H,1-3,5H2. The summed E-state index contributed by atoms with van der Waals surface area (Å²) in [6.07, 6.45) is 1.60. The molecule has 0 saturated heterocycles. The Morgan fingerprint density at radius 2 is 2.43 bits per heavy atom. The molecule has 0 unspecified atom stereocenters. The Hall–Kier alpha value is 0.0200. The molecule has 0 aromatic rings. The van der Waals surface area contributed by atoms with Crippen molar-refractivity contribution in [2.45, 2.75) is 6.42 Å². The van der Waals surface area contributed by atoms with Crippen molar-refractivity contribution >= 4 is 18.0 Å². The van der Waals surface area contributed by atoms with Crippen LogP contribution in [0.3, 0.4) is 0 Å². The first kappa shape index (κ1) is 7.02. The van der Waals surface area contributed by atoms with E-state index in [4.69, 9.17) is 0 Å². The van der Waals surface area contributed by atoms with Crippen LogP contribution in [0.15, 0.2) is 0 Å². The van der Waals surface area contributed by atoms with Gasteiger partial charge in [-0.15, -0.1) is 0 Å². The second kappa shape index (κ2) is 6.02. The number of rotatable bonds is 4. The van der Waals surface area contributed by atoms with Crippen molar-refractivity contribution in [2.75, 3.05) is 11.5 Å². The third kappa shape index (κ3) is 6.02. The number of hydrogen-bond donors (Lipinski definition) is 0. The monoisotopic (exact) mass is 117 g/mol. The lowest BCUT2D eigenvalue weighted by molar-refractivity contribution is -0.107. The molecule has 0 amide bonds. The van der Waals surface area contributed by atoms with Crippen molar-refractivity contribution < 1.29 is 4.79 Å². The smallest absolute Gasteiger partial charge is 0.120 e. The molecule has 0 aliphatic carbocycles. The molecule has 2 heteroatoms. The zero-order valence-corrected chi connectivity index (χ0v) is 5.04. The molecule has 0 N–H and O–H groups in total. The van der Waals surface area contributed by atoms with Gasteiger partial charge in [0.1, 0.15) is 6.29 Å². The van der Waals surface area contributed by atoms with E-state index in [1.807, 2.05) is 0 Å². The molecule has 0 spiro atoms. The molecule has 0 rings (SSSR count). The summed E-state index contributed by atoms with van der Waals surface area (Å²) in [5.41, 5.74) is 0. The van der Waals surface area contributed by atoms with Crippen LogP contribution in [0, 0.1) is 6.92 Å². The van der Waals surface area contributed by atoms with Gasteiger partial charge in [-0.1, -0.05) is 0 Å². The first-order valence-electron chi connectivity index (χ1n) is 2.22. The van der Waals surface area contributed by atoms with Crippen molar-refractivity contribution in [1.29, 1.82) is 0 Å². The van der Waals surface area contributed by atoms with E-state index in [-0.39, 0.29) is 0 Å². The summed E-state index contributed by atoms with van der Waals surface area (Å²) in [5, 5.41) is 0. The van der Waals surface area contributed by atoms with Crippen LogP contribution in [0.25, 0.3) is 0 Å². The molecule has 0 aromatic heterocycles. The highest BCUT2D eigenvalue weighted by molar-refractivity contribution is 7.99. The largest absolute Gasteiger partial charge is 0.303 e. The first-order chi connectivity index (χ1) is 3.41. The number of aldehydes is 1. The van der Waals surface area contributed by atoms with Gasteiger partial charge in [-0.25, -0.2) is 0 Å². The van der Waals surface area contributed by atoms with E-state index < -0.39 is 0 Å². The average molecular weight is 117 g/mol. The van der Waals surface area contributed by atoms with E-state index >= 15 is 0 Å². The van der Waals surface area contributed by atoms with Crippen LogP contribution in [0.2, 0.25) is 0 Å². The highest BCUT2D eigenvalue weighted by Crippen LogP contribution is 1.97. The van der Waals surface area contributed by atoms with Crippen molar-refractivity contribution in [3.05, 3.63) is 6.92 Å². The van der Waals surface area contributed by atoms with Gasteiger partial charge in [-0.05, 0) is 18.4 Å². The Kier molecular flexibility index (Phi) is 6.04. The summed E-state index contributed by atoms with van der Waals surface area (Å²) in [5.74, 6) is 1.79. The van der Waals surface area contributed by atoms with E-state index in [1.54, 1.807) is 11.8 Å². The SMILES string of the molecule is [CH2]CSCCC=O. The van der Waals surface area contributed by atoms with Gasteiger partial charge in [-0.2, -0.15) is 11.8 Å². The predicted octanol–water partition coefficient (Wildman–Crippen LogP) is 1.14. The molecule has 0 bridgehead atoms. The van der Waals surface area contributed by atoms with Gasteiger partial charge < -0.3 is 4.79 Å². The van der Waals surface area contributed by atoms with E-state index in [9.17, 15) is 4.79 Å². The maximum absolute atomic E-state index is 9.65. The second-order valence-electron chi connectivity index (χ2n) is 1.07. The molecule has 1 radical (unpaired) electrons. The minimum atomic E-state index is 0.667. The molecule has 0 aliphatic heterocycles. The Morgan fingerprint density at radius 1 is 1.71 bits per heavy atom. The lowest BCUT2D eigenvalue weighted by Crippen LogP contribution is -1.79. The highest BCUT2D eigenvalue weighted by atomic mass is 32.2. The minimum Gasteiger partial charge on any atom is -0.303 e. The van der Waals surface area contributed by atoms with Gasteiger partial charge >= 0.3 is 0 Å². The molecule has 0 saturated carbocycles. The van der Waals surface area contributed by atoms with Crippen LogP contribution < -0.4 is 0 Å². The fourth-order valence-corrected chi connectivity index (χ4v) is 0.701. The normalized spacial score (nSPS) is 8.71. The molecule has 0 atom stereocenters. The number of carbonyl (C=O) groups excluding carboxylic acids is 1. The van der Waals surface area contributed by atoms with Gasteiger partial charge in [0.05, 0.1) is 0 Å². The maximum atomic E-state index is 9.65. The van der Waals surface area contributed by atoms with Crippen molar-refractivity contribution in [3.8, 4) is 0 Å². The van der Waals surface area contributed by atoms with Crippen LogP contribution in [0.1, 0.15) is 6.42 Å². The van der Waals surface area contributed by atoms with Crippen LogP contribution >= 0.6 is 11.8 Å². The zero-order valence-electron chi connectivity index (χ0n) is 4.22. The lowest BCUT2D eigenvalue weighted by Gasteiger charge is -1.86. The van der Waals surface area contributed by atoms with E-state index in [1.165, 1.54) is 0 Å². The lowest BCUT2D eigenvalue weighted by atomic mass is 10.6. The predicted molar refractivity (Wildman–Crippen MR) is 33.4 cm³/mol. The summed E-state index contributed by atoms with van der Waals surface area (Å²) in [6.45, 7) is 3.60. The second-order valence-corrected chi connectivity index (χ2v) is 2.29. The van der Waals surface area contributed by atoms with Gasteiger partial charge in [0.2, 0.25) is 0 Å². The summed E-state index contributed by atoms with van der Waals surface area (Å²) in [6, 6.07) is 0. The molecule has 41 valence electrons. The van der Waals surface area contributed by atoms with Gasteiger partial charge in [0, 0.05) is 6.42 Å². The van der Waals surface area contributed by atoms with Gasteiger partial charge in [0.25, 0.3) is 0 Å². The minimum absolute atomic E-state index is 0.667. The zero-order chi connectivity index (χ0) is 5.54. The Labute approximate surface area is 48.5 Å². The van der Waals surface area contributed by atoms with Crippen molar-refractivity contribution in [3.63, 3.8) is 0 Å². The van der Waals surface area contributed by atoms with E-state index in [2.05, 4.69) is 6.92 Å². The third-order valence-electron chi connectivity index (χ3n) is 0.524. The summed E-state index contributed by atoms with van der Waals surface area (Å²) < 4.78 is 0. The average Bonchev–Trinajstić information content (AvgIpc) is 1.69. The number of carbonyl (C=O) groups is 1. The molecule has 0 aromatic carbocycles. The van der Waals surface area contributed by atoms with Crippen LogP contribution in [0.4, 0.5) is 0 Å². The van der Waals surface area contributed by atoms with Crippen LogP contribution in [0.5, 0.6) is 0 Å². The number of hydrogen-bond acceptors (Lipinski definition) is 2. The molecule has 0 aliphatic rings. The molecule has 0 heterocycles. The van der Waals surface area contributed by atoms with Crippen LogP contribution in [-0.2, 0) is 4.79 Å². The van der Waals surface area contributed by atoms with Crippen molar-refractivity contribution in [2.24, 2.45) is 0 Å². The fourth-order valence-electron chi connectivity index (χ4n) is 0.234. The molecule has 1 nitrogen and oxygen atoms in total. The van der Waals surface area contributed by atoms with E-state index in [0.717, 1.165) is 17.8 Å². The van der Waals surface area contributed by atoms with E-state index in [0.29, 0.717) is 6.42 Å². The Balaban J connectivity index is 2.56. The summed E-state index contributed by atoms with van der Waals surface area (Å²) >= 11 is 1.69. The Morgan fingerprint density at radius 3 is 2.86 bits per heavy atom. The molecular weight excluding hydrogens is 108 g/mol. The van der Waals surface area contributed by atoms with Crippen LogP contribution in [-0.4, -0.2) is 17.8 Å². The summed E-state index contributed by atoms with van der Waals surface area (Å²) in [7, 11) is 0. The van der Waals surface area contributed by atoms with Crippen molar-refractivity contribution in [1.82, 2.24) is 0 Å². The summed E-state index contributed by atoms with van der Waals surface area (Å²) in [4.78, 5) is 9.65. The van der Waals surface area contributed by atoms with Gasteiger partial charge in [-0.3, -0.25) is 0 Å². The fraction of sp³-hybridized carbons (Fsp3) is 0.600. The molecule has 7 heavy (non-hydrogen) atoms. The Bertz CT molecular complexity index is 45.3. The first-order valence-corrected chi connectivity index (χ1v) is 3.38. The molecule has 0 fully saturated rings. The van der Waals surface area contributed by atoms with Gasteiger partial charge in [0.15, 0.2) is 0 Å². The highest BCUT2D eigenvalue weighted by Gasteiger charge is 1.79. The third-order valence-corrected chi connectivity index (χ3v) is 1.34.